The van der Waals surface area contributed by atoms with Gasteiger partial charge in [-0.2, -0.15) is 0 Å². The van der Waals surface area contributed by atoms with Gasteiger partial charge in [-0.1, -0.05) is 115 Å². The second-order valence-electron chi connectivity index (χ2n) is 12.7. The number of pyridine rings is 1. The molecule has 0 unspecified atom stereocenters. The van der Waals surface area contributed by atoms with E-state index >= 15 is 0 Å². The van der Waals surface area contributed by atoms with Gasteiger partial charge in [0.15, 0.2) is 5.78 Å². The van der Waals surface area contributed by atoms with Crippen LogP contribution >= 0.6 is 0 Å². The molecule has 1 N–H and O–H groups in total. The standard InChI is InChI=1S/C26H26NSi.C13H24O2.Ir/c1-18-13-19(2)15-22(14-18)26-24(20-9-7-6-8-10-20)17-21-16-23(28(3,4)5)11-12-25(21)27-26;1-5-10(6-2)12(14)9-13(15)11(7-3)8-4;/h6-14,16-17H,1-5H3;9-11,14H,5-8H2,1-4H3;/q-1;;/b;12-9-;. The number of hydrogen-bond acceptors (Lipinski definition) is 3. The van der Waals surface area contributed by atoms with Crippen molar-refractivity contribution in [1.29, 1.82) is 0 Å². The number of hydrogen-bond donors (Lipinski definition) is 1. The molecule has 0 fully saturated rings. The number of carbonyl (C=O) groups excluding carboxylic acids is 1. The van der Waals surface area contributed by atoms with Crippen molar-refractivity contribution >= 4 is 29.9 Å². The van der Waals surface area contributed by atoms with Gasteiger partial charge < -0.3 is 5.11 Å². The molecule has 1 heterocycles. The number of fused-ring (bicyclic) bond motifs is 1. The van der Waals surface area contributed by atoms with Crippen molar-refractivity contribution in [2.24, 2.45) is 11.8 Å². The first-order valence-corrected chi connectivity index (χ1v) is 19.4. The van der Waals surface area contributed by atoms with E-state index in [0.717, 1.165) is 48.0 Å². The van der Waals surface area contributed by atoms with Crippen molar-refractivity contribution in [2.45, 2.75) is 86.9 Å². The number of allylic oxidation sites excluding steroid dienone is 2. The average Bonchev–Trinajstić information content (AvgIpc) is 2.97. The summed E-state index contributed by atoms with van der Waals surface area (Å²) in [5, 5.41) is 12.4. The molecule has 0 spiro atoms. The number of benzene rings is 3. The molecule has 1 radical (unpaired) electrons. The summed E-state index contributed by atoms with van der Waals surface area (Å²) < 4.78 is 0. The average molecular weight is 785 g/mol. The number of aliphatic hydroxyl groups excluding tert-OH is 1. The van der Waals surface area contributed by atoms with Crippen LogP contribution in [0.5, 0.6) is 0 Å². The molecule has 0 atom stereocenters. The Morgan fingerprint density at radius 2 is 1.48 bits per heavy atom. The number of carbonyl (C=O) groups is 1. The predicted octanol–water partition coefficient (Wildman–Crippen LogP) is 10.4. The van der Waals surface area contributed by atoms with E-state index in [1.807, 2.05) is 27.7 Å². The summed E-state index contributed by atoms with van der Waals surface area (Å²) in [5.74, 6) is 0.547. The van der Waals surface area contributed by atoms with E-state index in [2.05, 4.69) is 106 Å². The fourth-order valence-electron chi connectivity index (χ4n) is 5.49. The van der Waals surface area contributed by atoms with Gasteiger partial charge in [0, 0.05) is 38.0 Å². The summed E-state index contributed by atoms with van der Waals surface area (Å²) >= 11 is 0. The second kappa shape index (κ2) is 17.0. The van der Waals surface area contributed by atoms with Gasteiger partial charge in [0.25, 0.3) is 0 Å². The minimum atomic E-state index is -1.37. The second-order valence-corrected chi connectivity index (χ2v) is 17.7. The Morgan fingerprint density at radius 3 is 2.02 bits per heavy atom. The fourth-order valence-corrected chi connectivity index (χ4v) is 6.66. The molecule has 0 saturated carbocycles. The largest absolute Gasteiger partial charge is 0.512 e. The molecule has 3 nitrogen and oxygen atoms in total. The van der Waals surface area contributed by atoms with Crippen molar-refractivity contribution in [3.8, 4) is 22.4 Å². The normalized spacial score (nSPS) is 11.8. The Kier molecular flexibility index (Phi) is 14.4. The van der Waals surface area contributed by atoms with Crippen molar-refractivity contribution in [2.75, 3.05) is 0 Å². The molecule has 3 aromatic carbocycles. The zero-order chi connectivity index (χ0) is 31.7. The number of aliphatic hydroxyl groups is 1. The van der Waals surface area contributed by atoms with E-state index in [1.54, 1.807) is 0 Å². The van der Waals surface area contributed by atoms with Gasteiger partial charge >= 0.3 is 0 Å². The number of rotatable bonds is 10. The maximum atomic E-state index is 11.7. The minimum absolute atomic E-state index is 0. The van der Waals surface area contributed by atoms with Crippen LogP contribution in [0.15, 0.2) is 78.6 Å². The monoisotopic (exact) mass is 785 g/mol. The van der Waals surface area contributed by atoms with Gasteiger partial charge in [-0.05, 0) is 54.0 Å². The molecule has 0 bridgehead atoms. The summed E-state index contributed by atoms with van der Waals surface area (Å²) in [4.78, 5) is 16.8. The summed E-state index contributed by atoms with van der Waals surface area (Å²) in [6.45, 7) is 19.5. The maximum Gasteiger partial charge on any atom is 0.162 e. The first kappa shape index (κ1) is 37.3. The van der Waals surface area contributed by atoms with Crippen LogP contribution in [0.25, 0.3) is 33.3 Å². The molecular formula is C39H50IrNO2Si-. The molecule has 237 valence electrons. The van der Waals surface area contributed by atoms with Crippen LogP contribution in [0.2, 0.25) is 19.6 Å². The number of aromatic nitrogens is 1. The van der Waals surface area contributed by atoms with E-state index in [9.17, 15) is 9.90 Å². The molecule has 0 aliphatic carbocycles. The van der Waals surface area contributed by atoms with Gasteiger partial charge in [-0.15, -0.1) is 34.9 Å². The third-order valence-corrected chi connectivity index (χ3v) is 10.3. The quantitative estimate of drug-likeness (QED) is 0.0754. The molecule has 1 aromatic heterocycles. The smallest absolute Gasteiger partial charge is 0.162 e. The number of aryl methyl sites for hydroxylation is 2. The van der Waals surface area contributed by atoms with Crippen LogP contribution in [0.4, 0.5) is 0 Å². The number of nitrogens with zero attached hydrogens (tertiary/aromatic N) is 1. The van der Waals surface area contributed by atoms with Crippen molar-refractivity contribution in [3.63, 3.8) is 0 Å². The molecule has 0 aliphatic rings. The van der Waals surface area contributed by atoms with Gasteiger partial charge in [0.2, 0.25) is 0 Å². The first-order chi connectivity index (χ1) is 20.4. The molecule has 0 aliphatic heterocycles. The third kappa shape index (κ3) is 9.82. The molecule has 5 heteroatoms. The summed E-state index contributed by atoms with van der Waals surface area (Å²) in [6, 6.07) is 27.5. The van der Waals surface area contributed by atoms with E-state index in [4.69, 9.17) is 4.98 Å². The van der Waals surface area contributed by atoms with Crippen molar-refractivity contribution < 1.29 is 30.0 Å². The first-order valence-electron chi connectivity index (χ1n) is 15.9. The Labute approximate surface area is 280 Å². The summed E-state index contributed by atoms with van der Waals surface area (Å²) in [6.07, 6.45) is 4.91. The van der Waals surface area contributed by atoms with Gasteiger partial charge in [-0.3, -0.25) is 9.78 Å². The Morgan fingerprint density at radius 1 is 0.864 bits per heavy atom. The van der Waals surface area contributed by atoms with Crippen LogP contribution in [0, 0.1) is 31.7 Å². The van der Waals surface area contributed by atoms with Crippen molar-refractivity contribution in [1.82, 2.24) is 4.98 Å². The van der Waals surface area contributed by atoms with E-state index in [-0.39, 0.29) is 43.5 Å². The zero-order valence-corrected chi connectivity index (χ0v) is 31.4. The predicted molar refractivity (Wildman–Crippen MR) is 188 cm³/mol. The zero-order valence-electron chi connectivity index (χ0n) is 28.0. The molecular weight excluding hydrogens is 735 g/mol. The van der Waals surface area contributed by atoms with Crippen LogP contribution < -0.4 is 5.19 Å². The van der Waals surface area contributed by atoms with Gasteiger partial charge in [0.05, 0.1) is 19.3 Å². The SMILES string of the molecule is CCC(CC)C(=O)/C=C(\O)C(CC)CC.Cc1[c-]c(-c2nc3ccc([Si](C)(C)C)cc3cc2-c2ccccc2)cc(C)c1.[Ir]. The Bertz CT molecular complexity index is 1530. The van der Waals surface area contributed by atoms with E-state index in [0.29, 0.717) is 0 Å². The summed E-state index contributed by atoms with van der Waals surface area (Å²) in [7, 11) is -1.37. The Balaban J connectivity index is 0.000000363. The minimum Gasteiger partial charge on any atom is -0.512 e. The van der Waals surface area contributed by atoms with Crippen LogP contribution in [0.3, 0.4) is 0 Å². The van der Waals surface area contributed by atoms with Crippen LogP contribution in [-0.4, -0.2) is 23.9 Å². The fraction of sp³-hybridized carbons (Fsp3) is 0.385. The number of ketones is 1. The summed E-state index contributed by atoms with van der Waals surface area (Å²) in [5.41, 5.74) is 7.86. The van der Waals surface area contributed by atoms with Gasteiger partial charge in [-0.25, -0.2) is 0 Å². The topological polar surface area (TPSA) is 50.2 Å². The molecule has 44 heavy (non-hydrogen) atoms. The van der Waals surface area contributed by atoms with Crippen LogP contribution in [0.1, 0.15) is 64.5 Å². The van der Waals surface area contributed by atoms with Crippen LogP contribution in [-0.2, 0) is 24.9 Å². The molecule has 4 aromatic rings. The molecule has 0 amide bonds. The maximum absolute atomic E-state index is 11.7. The molecule has 0 saturated heterocycles. The van der Waals surface area contributed by atoms with Gasteiger partial charge in [0.1, 0.15) is 0 Å². The molecule has 4 rings (SSSR count). The Hall–Kier alpha value is -2.85. The van der Waals surface area contributed by atoms with Crippen molar-refractivity contribution in [3.05, 3.63) is 95.8 Å². The third-order valence-electron chi connectivity index (χ3n) is 8.25. The van der Waals surface area contributed by atoms with E-state index < -0.39 is 8.07 Å². The van der Waals surface area contributed by atoms with E-state index in [1.165, 1.54) is 33.3 Å².